The van der Waals surface area contributed by atoms with Crippen LogP contribution in [0.1, 0.15) is 26.2 Å². The van der Waals surface area contributed by atoms with E-state index in [1.807, 2.05) is 0 Å². The van der Waals surface area contributed by atoms with Crippen molar-refractivity contribution in [3.8, 4) is 0 Å². The van der Waals surface area contributed by atoms with E-state index in [4.69, 9.17) is 5.41 Å². The van der Waals surface area contributed by atoms with Gasteiger partial charge in [-0.15, -0.1) is 0 Å². The highest BCUT2D eigenvalue weighted by Crippen LogP contribution is 2.47. The van der Waals surface area contributed by atoms with Crippen LogP contribution in [-0.2, 0) is 14.4 Å². The fourth-order valence-electron chi connectivity index (χ4n) is 4.31. The average Bonchev–Trinajstić information content (AvgIpc) is 3.16. The lowest BCUT2D eigenvalue weighted by Crippen LogP contribution is -2.61. The number of carbonyl (C=O) groups excluding carboxylic acids is 2. The van der Waals surface area contributed by atoms with Gasteiger partial charge in [-0.25, -0.2) is 4.79 Å². The second-order valence-corrected chi connectivity index (χ2v) is 7.15. The van der Waals surface area contributed by atoms with Crippen molar-refractivity contribution in [2.45, 2.75) is 38.3 Å². The molecule has 0 saturated carbocycles. The number of β-lactam (4-membered cyclic amide) rings is 1. The van der Waals surface area contributed by atoms with E-state index in [0.717, 1.165) is 0 Å². The van der Waals surface area contributed by atoms with Crippen LogP contribution in [0.25, 0.3) is 0 Å². The zero-order valence-electron chi connectivity index (χ0n) is 14.9. The number of fused-ring (bicyclic) bond motifs is 1. The van der Waals surface area contributed by atoms with Gasteiger partial charge in [0.2, 0.25) is 11.8 Å². The van der Waals surface area contributed by atoms with Crippen LogP contribution in [0.5, 0.6) is 0 Å². The van der Waals surface area contributed by atoms with E-state index < -0.39 is 18.0 Å². The number of carboxylic acids is 1. The van der Waals surface area contributed by atoms with E-state index in [1.165, 1.54) is 11.9 Å². The minimum atomic E-state index is -1.13. The zero-order valence-corrected chi connectivity index (χ0v) is 14.9. The number of hydrogen-bond donors (Lipinski definition) is 4. The summed E-state index contributed by atoms with van der Waals surface area (Å²) < 4.78 is 0. The van der Waals surface area contributed by atoms with E-state index in [9.17, 15) is 24.6 Å². The first-order valence-electron chi connectivity index (χ1n) is 8.76. The van der Waals surface area contributed by atoms with Crippen molar-refractivity contribution in [3.05, 3.63) is 11.3 Å². The summed E-state index contributed by atoms with van der Waals surface area (Å²) in [5.74, 6) is -2.11. The molecule has 9 heteroatoms. The van der Waals surface area contributed by atoms with Gasteiger partial charge in [-0.05, 0) is 25.3 Å². The SMILES string of the molecule is CNC(=O)CC(=N)N1CC[C@@H](C2=C(C(=O)O)N3C(=O)[C@H]([C@@H](C)O)[C@H]3C2)C1. The highest BCUT2D eigenvalue weighted by atomic mass is 16.4. The maximum absolute atomic E-state index is 12.3. The van der Waals surface area contributed by atoms with Gasteiger partial charge in [0.05, 0.1) is 24.5 Å². The Bertz CT molecular complexity index is 701. The van der Waals surface area contributed by atoms with E-state index >= 15 is 0 Å². The number of amidine groups is 1. The minimum absolute atomic E-state index is 0.00854. The number of amides is 2. The topological polar surface area (TPSA) is 134 Å². The van der Waals surface area contributed by atoms with Gasteiger partial charge in [0, 0.05) is 26.1 Å². The molecule has 3 rings (SSSR count). The summed E-state index contributed by atoms with van der Waals surface area (Å²) in [4.78, 5) is 38.6. The van der Waals surface area contributed by atoms with Gasteiger partial charge in [0.1, 0.15) is 11.5 Å². The van der Waals surface area contributed by atoms with Crippen molar-refractivity contribution >= 4 is 23.6 Å². The smallest absolute Gasteiger partial charge is 0.352 e. The van der Waals surface area contributed by atoms with Crippen LogP contribution in [0.3, 0.4) is 0 Å². The molecular weight excluding hydrogens is 340 g/mol. The van der Waals surface area contributed by atoms with Crippen LogP contribution in [0, 0.1) is 17.2 Å². The number of aliphatic hydroxyl groups is 1. The molecule has 0 aromatic heterocycles. The van der Waals surface area contributed by atoms with Gasteiger partial charge in [-0.1, -0.05) is 0 Å². The second-order valence-electron chi connectivity index (χ2n) is 7.15. The molecule has 0 bridgehead atoms. The van der Waals surface area contributed by atoms with Crippen LogP contribution in [-0.4, -0.2) is 75.9 Å². The molecule has 3 aliphatic rings. The zero-order chi connectivity index (χ0) is 19.2. The molecule has 0 unspecified atom stereocenters. The van der Waals surface area contributed by atoms with Gasteiger partial charge >= 0.3 is 5.97 Å². The molecule has 4 atom stereocenters. The van der Waals surface area contributed by atoms with Crippen LogP contribution in [0.15, 0.2) is 11.3 Å². The van der Waals surface area contributed by atoms with Crippen molar-refractivity contribution in [1.82, 2.24) is 15.1 Å². The number of aliphatic carboxylic acids is 1. The summed E-state index contributed by atoms with van der Waals surface area (Å²) in [6, 6.07) is -0.289. The van der Waals surface area contributed by atoms with Crippen LogP contribution < -0.4 is 5.32 Å². The van der Waals surface area contributed by atoms with Crippen LogP contribution in [0.2, 0.25) is 0 Å². The summed E-state index contributed by atoms with van der Waals surface area (Å²) in [5.41, 5.74) is 0.760. The summed E-state index contributed by atoms with van der Waals surface area (Å²) >= 11 is 0. The molecule has 0 radical (unpaired) electrons. The predicted molar refractivity (Wildman–Crippen MR) is 91.2 cm³/mol. The number of carbonyl (C=O) groups is 3. The molecule has 3 heterocycles. The molecule has 0 aromatic rings. The molecule has 2 amide bonds. The Balaban J connectivity index is 1.75. The monoisotopic (exact) mass is 364 g/mol. The Kier molecular flexibility index (Phi) is 4.74. The number of carboxylic acid groups (broad SMARTS) is 1. The molecule has 0 aliphatic carbocycles. The number of nitrogens with one attached hydrogen (secondary N) is 2. The van der Waals surface area contributed by atoms with Crippen molar-refractivity contribution in [1.29, 1.82) is 5.41 Å². The molecule has 9 nitrogen and oxygen atoms in total. The van der Waals surface area contributed by atoms with E-state index in [0.29, 0.717) is 31.5 Å². The van der Waals surface area contributed by atoms with Crippen molar-refractivity contribution < 1.29 is 24.6 Å². The molecule has 0 spiro atoms. The fraction of sp³-hybridized carbons (Fsp3) is 0.647. The quantitative estimate of drug-likeness (QED) is 0.292. The Morgan fingerprint density at radius 1 is 1.42 bits per heavy atom. The average molecular weight is 364 g/mol. The van der Waals surface area contributed by atoms with E-state index in [2.05, 4.69) is 5.32 Å². The van der Waals surface area contributed by atoms with Gasteiger partial charge < -0.3 is 25.3 Å². The summed E-state index contributed by atoms with van der Waals surface area (Å²) in [7, 11) is 1.52. The van der Waals surface area contributed by atoms with Crippen molar-refractivity contribution in [3.63, 3.8) is 0 Å². The Hall–Kier alpha value is -2.42. The molecule has 26 heavy (non-hydrogen) atoms. The largest absolute Gasteiger partial charge is 0.477 e. The molecule has 142 valence electrons. The highest BCUT2D eigenvalue weighted by molar-refractivity contribution is 6.00. The first kappa shape index (κ1) is 18.4. The summed E-state index contributed by atoms with van der Waals surface area (Å²) in [6.07, 6.45) is 0.310. The third kappa shape index (κ3) is 2.86. The number of likely N-dealkylation sites (tertiary alicyclic amines) is 1. The molecular formula is C17H24N4O5. The van der Waals surface area contributed by atoms with Gasteiger partial charge in [-0.2, -0.15) is 0 Å². The fourth-order valence-corrected chi connectivity index (χ4v) is 4.31. The number of rotatable bonds is 5. The van der Waals surface area contributed by atoms with Crippen LogP contribution in [0.4, 0.5) is 0 Å². The lowest BCUT2D eigenvalue weighted by molar-refractivity contribution is -0.161. The predicted octanol–water partition coefficient (Wildman–Crippen LogP) is -0.628. The van der Waals surface area contributed by atoms with Gasteiger partial charge in [-0.3, -0.25) is 15.0 Å². The number of nitrogens with zero attached hydrogens (tertiary/aromatic N) is 2. The van der Waals surface area contributed by atoms with Crippen LogP contribution >= 0.6 is 0 Å². The highest BCUT2D eigenvalue weighted by Gasteiger charge is 2.57. The molecule has 2 saturated heterocycles. The summed E-state index contributed by atoms with van der Waals surface area (Å²) in [6.45, 7) is 2.60. The lowest BCUT2D eigenvalue weighted by Gasteiger charge is -2.44. The third-order valence-corrected chi connectivity index (χ3v) is 5.63. The Morgan fingerprint density at radius 2 is 2.12 bits per heavy atom. The molecule has 4 N–H and O–H groups in total. The van der Waals surface area contributed by atoms with E-state index in [-0.39, 0.29) is 41.7 Å². The summed E-state index contributed by atoms with van der Waals surface area (Å²) in [5, 5.41) is 30.0. The number of aliphatic hydroxyl groups excluding tert-OH is 1. The molecule has 2 fully saturated rings. The lowest BCUT2D eigenvalue weighted by atomic mass is 9.82. The van der Waals surface area contributed by atoms with Gasteiger partial charge in [0.15, 0.2) is 0 Å². The van der Waals surface area contributed by atoms with Gasteiger partial charge in [0.25, 0.3) is 0 Å². The van der Waals surface area contributed by atoms with Crippen molar-refractivity contribution in [2.75, 3.05) is 20.1 Å². The Labute approximate surface area is 151 Å². The molecule has 3 aliphatic heterocycles. The Morgan fingerprint density at radius 3 is 2.69 bits per heavy atom. The molecule has 0 aromatic carbocycles. The first-order chi connectivity index (χ1) is 12.3. The first-order valence-corrected chi connectivity index (χ1v) is 8.76. The number of hydrogen-bond acceptors (Lipinski definition) is 5. The second kappa shape index (κ2) is 6.71. The maximum atomic E-state index is 12.3. The van der Waals surface area contributed by atoms with E-state index in [1.54, 1.807) is 11.8 Å². The third-order valence-electron chi connectivity index (χ3n) is 5.63. The normalized spacial score (nSPS) is 28.7. The minimum Gasteiger partial charge on any atom is -0.477 e. The maximum Gasteiger partial charge on any atom is 0.352 e. The standard InChI is InChI=1S/C17H24N4O5/c1-8(22)14-11-5-10(15(17(25)26)21(11)16(14)24)9-3-4-20(7-9)12(18)6-13(23)19-2/h8-9,11,14,18,22H,3-7H2,1-2H3,(H,19,23)(H,25,26)/t8-,9-,11-,14-/m1/s1. The van der Waals surface area contributed by atoms with Crippen molar-refractivity contribution in [2.24, 2.45) is 11.8 Å².